The summed E-state index contributed by atoms with van der Waals surface area (Å²) in [6, 6.07) is 13.5. The largest absolute Gasteiger partial charge is 0.399 e. The molecule has 4 heteroatoms. The van der Waals surface area contributed by atoms with Gasteiger partial charge in [0.05, 0.1) is 0 Å². The van der Waals surface area contributed by atoms with Gasteiger partial charge in [-0.2, -0.15) is 0 Å². The molecule has 0 heterocycles. The van der Waals surface area contributed by atoms with Gasteiger partial charge >= 0.3 is 0 Å². The van der Waals surface area contributed by atoms with Gasteiger partial charge in [0.25, 0.3) is 0 Å². The number of benzene rings is 2. The molecule has 0 saturated carbocycles. The number of rotatable bonds is 3. The Bertz CT molecular complexity index is 509. The van der Waals surface area contributed by atoms with Gasteiger partial charge in [-0.3, -0.25) is 0 Å². The van der Waals surface area contributed by atoms with Crippen LogP contribution in [0.1, 0.15) is 5.56 Å². The zero-order valence-corrected chi connectivity index (χ0v) is 10.9. The van der Waals surface area contributed by atoms with E-state index < -0.39 is 0 Å². The second-order valence-electron chi connectivity index (χ2n) is 3.83. The van der Waals surface area contributed by atoms with Gasteiger partial charge in [-0.1, -0.05) is 12.1 Å². The Labute approximate surface area is 109 Å². The highest BCUT2D eigenvalue weighted by atomic mass is 79.9. The molecule has 2 aromatic rings. The Hall–Kier alpha value is -1.68. The molecular weight excluding hydrogens is 278 g/mol. The first-order chi connectivity index (χ1) is 8.15. The van der Waals surface area contributed by atoms with Gasteiger partial charge in [-0.15, -0.1) is 0 Å². The molecule has 0 radical (unpaired) electrons. The van der Waals surface area contributed by atoms with Crippen LogP contribution in [0.5, 0.6) is 0 Å². The van der Waals surface area contributed by atoms with Crippen LogP contribution in [0.3, 0.4) is 0 Å². The van der Waals surface area contributed by atoms with Gasteiger partial charge in [0, 0.05) is 28.1 Å². The Morgan fingerprint density at radius 1 is 0.941 bits per heavy atom. The molecule has 3 nitrogen and oxygen atoms in total. The molecule has 0 aliphatic rings. The maximum Gasteiger partial charge on any atom is 0.0488 e. The molecule has 0 unspecified atom stereocenters. The summed E-state index contributed by atoms with van der Waals surface area (Å²) >= 11 is 3.47. The standard InChI is InChI=1S/C13H14BrN3/c14-12-7-11(16)5-6-13(12)17-8-9-1-3-10(15)4-2-9/h1-7,17H,8,15-16H2. The predicted octanol–water partition coefficient (Wildman–Crippen LogP) is 3.23. The van der Waals surface area contributed by atoms with Crippen molar-refractivity contribution in [3.63, 3.8) is 0 Å². The van der Waals surface area contributed by atoms with Gasteiger partial charge in [-0.05, 0) is 51.8 Å². The molecular formula is C13H14BrN3. The molecule has 0 saturated heterocycles. The average molecular weight is 292 g/mol. The van der Waals surface area contributed by atoms with Crippen LogP contribution in [0.25, 0.3) is 0 Å². The van der Waals surface area contributed by atoms with Gasteiger partial charge in [0.1, 0.15) is 0 Å². The van der Waals surface area contributed by atoms with Crippen molar-refractivity contribution in [3.05, 3.63) is 52.5 Å². The predicted molar refractivity (Wildman–Crippen MR) is 76.7 cm³/mol. The van der Waals surface area contributed by atoms with Crippen molar-refractivity contribution >= 4 is 33.0 Å². The number of hydrogen-bond donors (Lipinski definition) is 3. The summed E-state index contributed by atoms with van der Waals surface area (Å²) in [4.78, 5) is 0. The molecule has 0 aliphatic carbocycles. The smallest absolute Gasteiger partial charge is 0.0488 e. The molecule has 88 valence electrons. The van der Waals surface area contributed by atoms with Crippen LogP contribution in [-0.4, -0.2) is 0 Å². The maximum absolute atomic E-state index is 5.68. The molecule has 17 heavy (non-hydrogen) atoms. The van der Waals surface area contributed by atoms with Crippen molar-refractivity contribution in [1.82, 2.24) is 0 Å². The summed E-state index contributed by atoms with van der Waals surface area (Å²) in [5, 5.41) is 3.33. The zero-order chi connectivity index (χ0) is 12.3. The topological polar surface area (TPSA) is 64.1 Å². The van der Waals surface area contributed by atoms with E-state index in [4.69, 9.17) is 11.5 Å². The van der Waals surface area contributed by atoms with Crippen LogP contribution in [0.4, 0.5) is 17.1 Å². The van der Waals surface area contributed by atoms with E-state index in [0.29, 0.717) is 0 Å². The van der Waals surface area contributed by atoms with Crippen molar-refractivity contribution in [2.24, 2.45) is 0 Å². The normalized spacial score (nSPS) is 10.2. The molecule has 0 aliphatic heterocycles. The fraction of sp³-hybridized carbons (Fsp3) is 0.0769. The number of nitrogens with two attached hydrogens (primary N) is 2. The molecule has 0 spiro atoms. The van der Waals surface area contributed by atoms with Gasteiger partial charge < -0.3 is 16.8 Å². The van der Waals surface area contributed by atoms with Gasteiger partial charge in [0.15, 0.2) is 0 Å². The third-order valence-electron chi connectivity index (χ3n) is 2.46. The van der Waals surface area contributed by atoms with E-state index in [1.54, 1.807) is 0 Å². The summed E-state index contributed by atoms with van der Waals surface area (Å²) in [5.74, 6) is 0. The van der Waals surface area contributed by atoms with Crippen LogP contribution >= 0.6 is 15.9 Å². The Kier molecular flexibility index (Phi) is 3.54. The van der Waals surface area contributed by atoms with Crippen LogP contribution in [0.15, 0.2) is 46.9 Å². The highest BCUT2D eigenvalue weighted by molar-refractivity contribution is 9.10. The van der Waals surface area contributed by atoms with E-state index in [9.17, 15) is 0 Å². The fourth-order valence-corrected chi connectivity index (χ4v) is 2.04. The summed E-state index contributed by atoms with van der Waals surface area (Å²) in [6.45, 7) is 0.753. The minimum absolute atomic E-state index is 0.745. The van der Waals surface area contributed by atoms with Crippen LogP contribution in [-0.2, 0) is 6.54 Å². The van der Waals surface area contributed by atoms with Gasteiger partial charge in [0.2, 0.25) is 0 Å². The molecule has 0 fully saturated rings. The lowest BCUT2D eigenvalue weighted by Crippen LogP contribution is -2.00. The van der Waals surface area contributed by atoms with Crippen molar-refractivity contribution < 1.29 is 0 Å². The molecule has 0 bridgehead atoms. The molecule has 0 aromatic heterocycles. The minimum Gasteiger partial charge on any atom is -0.399 e. The number of hydrogen-bond acceptors (Lipinski definition) is 3. The lowest BCUT2D eigenvalue weighted by Gasteiger charge is -2.09. The first-order valence-electron chi connectivity index (χ1n) is 5.28. The van der Waals surface area contributed by atoms with Gasteiger partial charge in [-0.25, -0.2) is 0 Å². The highest BCUT2D eigenvalue weighted by Gasteiger charge is 1.99. The Morgan fingerprint density at radius 3 is 2.24 bits per heavy atom. The van der Waals surface area contributed by atoms with Crippen LogP contribution < -0.4 is 16.8 Å². The quantitative estimate of drug-likeness (QED) is 0.761. The summed E-state index contributed by atoms with van der Waals surface area (Å²) in [6.07, 6.45) is 0. The molecule has 2 rings (SSSR count). The third kappa shape index (κ3) is 3.14. The lowest BCUT2D eigenvalue weighted by molar-refractivity contribution is 1.15. The van der Waals surface area contributed by atoms with Crippen molar-refractivity contribution in [2.75, 3.05) is 16.8 Å². The zero-order valence-electron chi connectivity index (χ0n) is 9.28. The van der Waals surface area contributed by atoms with Crippen LogP contribution in [0, 0.1) is 0 Å². The summed E-state index contributed by atoms with van der Waals surface area (Å²) in [7, 11) is 0. The van der Waals surface area contributed by atoms with E-state index >= 15 is 0 Å². The first kappa shape index (κ1) is 11.8. The number of halogens is 1. The van der Waals surface area contributed by atoms with Crippen molar-refractivity contribution in [1.29, 1.82) is 0 Å². The summed E-state index contributed by atoms with van der Waals surface area (Å²) in [5.41, 5.74) is 15.0. The monoisotopic (exact) mass is 291 g/mol. The Balaban J connectivity index is 2.04. The van der Waals surface area contributed by atoms with E-state index in [1.165, 1.54) is 5.56 Å². The van der Waals surface area contributed by atoms with Crippen molar-refractivity contribution in [3.8, 4) is 0 Å². The molecule has 5 N–H and O–H groups in total. The number of nitrogens with one attached hydrogen (secondary N) is 1. The number of anilines is 3. The van der Waals surface area contributed by atoms with Crippen molar-refractivity contribution in [2.45, 2.75) is 6.54 Å². The number of nitrogen functional groups attached to an aromatic ring is 2. The maximum atomic E-state index is 5.68. The average Bonchev–Trinajstić information content (AvgIpc) is 2.30. The fourth-order valence-electron chi connectivity index (χ4n) is 1.51. The van der Waals surface area contributed by atoms with E-state index in [0.717, 1.165) is 28.1 Å². The SMILES string of the molecule is Nc1ccc(CNc2ccc(N)cc2Br)cc1. The van der Waals surface area contributed by atoms with Crippen LogP contribution in [0.2, 0.25) is 0 Å². The third-order valence-corrected chi connectivity index (χ3v) is 3.11. The van der Waals surface area contributed by atoms with E-state index in [1.807, 2.05) is 42.5 Å². The molecule has 0 atom stereocenters. The second kappa shape index (κ2) is 5.10. The van der Waals surface area contributed by atoms with E-state index in [-0.39, 0.29) is 0 Å². The highest BCUT2D eigenvalue weighted by Crippen LogP contribution is 2.25. The first-order valence-corrected chi connectivity index (χ1v) is 6.08. The minimum atomic E-state index is 0.745. The summed E-state index contributed by atoms with van der Waals surface area (Å²) < 4.78 is 0.966. The Morgan fingerprint density at radius 2 is 1.59 bits per heavy atom. The second-order valence-corrected chi connectivity index (χ2v) is 4.69. The lowest BCUT2D eigenvalue weighted by atomic mass is 10.2. The molecule has 0 amide bonds. The molecule has 2 aromatic carbocycles. The van der Waals surface area contributed by atoms with E-state index in [2.05, 4.69) is 21.2 Å².